The van der Waals surface area contributed by atoms with Crippen LogP contribution < -0.4 is 16.4 Å². The maximum Gasteiger partial charge on any atom is 0.231 e. The molecule has 140 valence electrons. The highest BCUT2D eigenvalue weighted by molar-refractivity contribution is 14.0. The van der Waals surface area contributed by atoms with Crippen LogP contribution in [0.3, 0.4) is 0 Å². The van der Waals surface area contributed by atoms with E-state index in [1.54, 1.807) is 0 Å². The van der Waals surface area contributed by atoms with E-state index >= 15 is 0 Å². The van der Waals surface area contributed by atoms with Crippen LogP contribution in [0.4, 0.5) is 0 Å². The molecule has 0 bridgehead atoms. The largest absolute Gasteiger partial charge is 0.388 e. The van der Waals surface area contributed by atoms with Gasteiger partial charge in [-0.3, -0.25) is 14.7 Å². The number of hydrogen-bond acceptors (Lipinski definition) is 4. The molecule has 1 saturated carbocycles. The summed E-state index contributed by atoms with van der Waals surface area (Å²) in [4.78, 5) is 17.6. The van der Waals surface area contributed by atoms with Crippen molar-refractivity contribution in [1.29, 1.82) is 0 Å². The molecule has 5 N–H and O–H groups in total. The Morgan fingerprint density at radius 3 is 2.50 bits per heavy atom. The van der Waals surface area contributed by atoms with E-state index in [0.29, 0.717) is 19.1 Å². The second-order valence-corrected chi connectivity index (χ2v) is 6.79. The van der Waals surface area contributed by atoms with Crippen molar-refractivity contribution in [1.82, 2.24) is 15.5 Å². The molecule has 1 aliphatic heterocycles. The molecule has 1 saturated heterocycles. The number of amides is 1. The van der Waals surface area contributed by atoms with Gasteiger partial charge in [0.05, 0.1) is 18.7 Å². The van der Waals surface area contributed by atoms with Gasteiger partial charge in [-0.05, 0) is 32.6 Å². The smallest absolute Gasteiger partial charge is 0.231 e. The third-order valence-electron chi connectivity index (χ3n) is 4.72. The van der Waals surface area contributed by atoms with Crippen molar-refractivity contribution in [2.75, 3.05) is 32.7 Å². The monoisotopic (exact) mass is 453 g/mol. The number of piperidine rings is 1. The first kappa shape index (κ1) is 21.4. The van der Waals surface area contributed by atoms with Gasteiger partial charge in [0, 0.05) is 25.7 Å². The maximum absolute atomic E-state index is 11.0. The second kappa shape index (κ2) is 10.4. The van der Waals surface area contributed by atoms with Gasteiger partial charge >= 0.3 is 0 Å². The number of carbonyl (C=O) groups excluding carboxylic acids is 1. The van der Waals surface area contributed by atoms with Gasteiger partial charge in [0.15, 0.2) is 5.96 Å². The van der Waals surface area contributed by atoms with E-state index in [4.69, 9.17) is 5.73 Å². The summed E-state index contributed by atoms with van der Waals surface area (Å²) in [6.07, 6.45) is 5.80. The van der Waals surface area contributed by atoms with Gasteiger partial charge in [-0.25, -0.2) is 0 Å². The molecule has 2 rings (SSSR count). The number of primary amides is 1. The van der Waals surface area contributed by atoms with Crippen molar-refractivity contribution >= 4 is 35.8 Å². The van der Waals surface area contributed by atoms with E-state index in [-0.39, 0.29) is 29.9 Å². The fourth-order valence-corrected chi connectivity index (χ4v) is 3.39. The lowest BCUT2D eigenvalue weighted by Gasteiger charge is -2.32. The van der Waals surface area contributed by atoms with Crippen molar-refractivity contribution in [2.45, 2.75) is 57.1 Å². The van der Waals surface area contributed by atoms with Gasteiger partial charge in [0.2, 0.25) is 5.91 Å². The van der Waals surface area contributed by atoms with Gasteiger partial charge in [-0.2, -0.15) is 0 Å². The quantitative estimate of drug-likeness (QED) is 0.265. The fraction of sp³-hybridized carbons (Fsp3) is 0.875. The third-order valence-corrected chi connectivity index (χ3v) is 4.72. The highest BCUT2D eigenvalue weighted by Crippen LogP contribution is 2.29. The van der Waals surface area contributed by atoms with Crippen LogP contribution in [-0.2, 0) is 4.79 Å². The first-order chi connectivity index (χ1) is 11.0. The number of nitrogens with zero attached hydrogens (tertiary/aromatic N) is 2. The number of likely N-dealkylation sites (tertiary alicyclic amines) is 1. The van der Waals surface area contributed by atoms with Crippen LogP contribution in [0.5, 0.6) is 0 Å². The Morgan fingerprint density at radius 2 is 1.96 bits per heavy atom. The van der Waals surface area contributed by atoms with Crippen molar-refractivity contribution in [2.24, 2.45) is 10.7 Å². The normalized spacial score (nSPS) is 22.0. The van der Waals surface area contributed by atoms with Gasteiger partial charge < -0.3 is 21.5 Å². The SMILES string of the molecule is CCNC(=NCC1(O)CCCC1)NC1CCN(CC(N)=O)CC1.I. The zero-order chi connectivity index (χ0) is 16.7. The van der Waals surface area contributed by atoms with Crippen LogP contribution in [0, 0.1) is 0 Å². The van der Waals surface area contributed by atoms with E-state index in [1.807, 2.05) is 6.92 Å². The molecule has 1 amide bonds. The number of aliphatic imine (C=N–C) groups is 1. The number of rotatable bonds is 6. The molecule has 0 radical (unpaired) electrons. The molecule has 1 aliphatic carbocycles. The third kappa shape index (κ3) is 7.10. The van der Waals surface area contributed by atoms with Crippen LogP contribution in [0.1, 0.15) is 45.4 Å². The molecule has 0 unspecified atom stereocenters. The number of hydrogen-bond donors (Lipinski definition) is 4. The first-order valence-corrected chi connectivity index (χ1v) is 8.78. The Kier molecular flexibility index (Phi) is 9.28. The molecule has 0 aromatic carbocycles. The van der Waals surface area contributed by atoms with Crippen molar-refractivity contribution < 1.29 is 9.90 Å². The number of nitrogens with one attached hydrogen (secondary N) is 2. The summed E-state index contributed by atoms with van der Waals surface area (Å²) in [7, 11) is 0. The molecule has 0 aromatic heterocycles. The minimum Gasteiger partial charge on any atom is -0.388 e. The Bertz CT molecular complexity index is 419. The molecule has 2 aliphatic rings. The van der Waals surface area contributed by atoms with Crippen LogP contribution >= 0.6 is 24.0 Å². The van der Waals surface area contributed by atoms with E-state index in [9.17, 15) is 9.90 Å². The lowest BCUT2D eigenvalue weighted by Crippen LogP contribution is -2.50. The molecule has 1 heterocycles. The summed E-state index contributed by atoms with van der Waals surface area (Å²) >= 11 is 0. The Morgan fingerprint density at radius 1 is 1.33 bits per heavy atom. The molecular formula is C16H32IN5O2. The summed E-state index contributed by atoms with van der Waals surface area (Å²) in [6.45, 7) is 5.37. The van der Waals surface area contributed by atoms with E-state index in [0.717, 1.165) is 64.1 Å². The number of halogens is 1. The predicted octanol–water partition coefficient (Wildman–Crippen LogP) is 0.414. The van der Waals surface area contributed by atoms with Gasteiger partial charge in [-0.1, -0.05) is 12.8 Å². The molecule has 0 spiro atoms. The van der Waals surface area contributed by atoms with Crippen molar-refractivity contribution in [3.8, 4) is 0 Å². The molecule has 8 heteroatoms. The second-order valence-electron chi connectivity index (χ2n) is 6.79. The first-order valence-electron chi connectivity index (χ1n) is 8.78. The summed E-state index contributed by atoms with van der Waals surface area (Å²) < 4.78 is 0. The molecular weight excluding hydrogens is 421 g/mol. The average molecular weight is 453 g/mol. The molecule has 0 atom stereocenters. The van der Waals surface area contributed by atoms with Crippen LogP contribution in [0.2, 0.25) is 0 Å². The van der Waals surface area contributed by atoms with Crippen LogP contribution in [-0.4, -0.2) is 66.2 Å². The fourth-order valence-electron chi connectivity index (χ4n) is 3.39. The summed E-state index contributed by atoms with van der Waals surface area (Å²) in [5, 5.41) is 17.1. The molecule has 7 nitrogen and oxygen atoms in total. The number of aliphatic hydroxyl groups is 1. The molecule has 24 heavy (non-hydrogen) atoms. The lowest BCUT2D eigenvalue weighted by molar-refractivity contribution is -0.119. The molecule has 2 fully saturated rings. The number of nitrogens with two attached hydrogens (primary N) is 1. The number of carbonyl (C=O) groups is 1. The topological polar surface area (TPSA) is 103 Å². The standard InChI is InChI=1S/C16H31N5O2.HI/c1-2-18-15(19-12-16(23)7-3-4-8-16)20-13-5-9-21(10-6-13)11-14(17)22;/h13,23H,2-12H2,1H3,(H2,17,22)(H2,18,19,20);1H. The highest BCUT2D eigenvalue weighted by Gasteiger charge is 2.31. The summed E-state index contributed by atoms with van der Waals surface area (Å²) in [6, 6.07) is 0.343. The van der Waals surface area contributed by atoms with Crippen molar-refractivity contribution in [3.05, 3.63) is 0 Å². The summed E-state index contributed by atoms with van der Waals surface area (Å²) in [5.41, 5.74) is 4.62. The zero-order valence-electron chi connectivity index (χ0n) is 14.6. The van der Waals surface area contributed by atoms with Gasteiger partial charge in [0.1, 0.15) is 0 Å². The Balaban J connectivity index is 0.00000288. The summed E-state index contributed by atoms with van der Waals surface area (Å²) in [5.74, 6) is 0.511. The highest BCUT2D eigenvalue weighted by atomic mass is 127. The molecule has 0 aromatic rings. The Hall–Kier alpha value is -0.610. The van der Waals surface area contributed by atoms with E-state index in [2.05, 4.69) is 20.5 Å². The maximum atomic E-state index is 11.0. The van der Waals surface area contributed by atoms with E-state index < -0.39 is 5.60 Å². The zero-order valence-corrected chi connectivity index (χ0v) is 16.9. The minimum absolute atomic E-state index is 0. The average Bonchev–Trinajstić information content (AvgIpc) is 2.94. The van der Waals surface area contributed by atoms with Gasteiger partial charge in [0.25, 0.3) is 0 Å². The minimum atomic E-state index is -0.618. The predicted molar refractivity (Wildman–Crippen MR) is 107 cm³/mol. The van der Waals surface area contributed by atoms with Crippen molar-refractivity contribution in [3.63, 3.8) is 0 Å². The van der Waals surface area contributed by atoms with Crippen LogP contribution in [0.25, 0.3) is 0 Å². The number of guanidine groups is 1. The Labute approximate surface area is 161 Å². The van der Waals surface area contributed by atoms with E-state index in [1.165, 1.54) is 0 Å². The van der Waals surface area contributed by atoms with Crippen LogP contribution in [0.15, 0.2) is 4.99 Å². The lowest BCUT2D eigenvalue weighted by atomic mass is 10.0. The van der Waals surface area contributed by atoms with Gasteiger partial charge in [-0.15, -0.1) is 24.0 Å².